The SMILES string of the molecule is C[C@@H](NC(=O)c1ccc(=O)n(-c2cccc(-c3cnnn3C)c2F)n1)c1cccc(C(F)(F)CO)c1F. The van der Waals surface area contributed by atoms with Crippen LogP contribution in [0.3, 0.4) is 0 Å². The third kappa shape index (κ3) is 4.85. The van der Waals surface area contributed by atoms with Crippen molar-refractivity contribution in [2.75, 3.05) is 6.61 Å². The number of rotatable bonds is 7. The van der Waals surface area contributed by atoms with Crippen molar-refractivity contribution in [2.45, 2.75) is 18.9 Å². The Balaban J connectivity index is 1.65. The van der Waals surface area contributed by atoms with E-state index in [9.17, 15) is 22.8 Å². The Morgan fingerprint density at radius 3 is 2.51 bits per heavy atom. The normalized spacial score (nSPS) is 12.4. The van der Waals surface area contributed by atoms with Crippen molar-refractivity contribution in [2.24, 2.45) is 7.05 Å². The summed E-state index contributed by atoms with van der Waals surface area (Å²) in [6.45, 7) is -0.229. The monoisotopic (exact) mass is 516 g/mol. The Morgan fingerprint density at radius 1 is 1.11 bits per heavy atom. The molecule has 0 saturated heterocycles. The van der Waals surface area contributed by atoms with E-state index < -0.39 is 47.2 Å². The number of carbonyl (C=O) groups excluding carboxylic acids is 1. The van der Waals surface area contributed by atoms with Crippen molar-refractivity contribution in [3.63, 3.8) is 0 Å². The number of aliphatic hydroxyl groups is 1. The van der Waals surface area contributed by atoms with Gasteiger partial charge in [-0.25, -0.2) is 13.5 Å². The highest BCUT2D eigenvalue weighted by Crippen LogP contribution is 2.32. The standard InChI is InChI=1S/C24H20F4N6O3/c1-13(14-5-3-7-16(21(14)25)24(27,28)12-35)30-23(37)17-9-10-20(36)34(31-17)18-8-4-6-15(22(18)26)19-11-29-32-33(19)2/h3-11,13,35H,12H2,1-2H3,(H,30,37)/t13-/m1/s1. The number of hydrogen-bond donors (Lipinski definition) is 2. The summed E-state index contributed by atoms with van der Waals surface area (Å²) in [7, 11) is 1.56. The van der Waals surface area contributed by atoms with E-state index in [-0.39, 0.29) is 22.5 Å². The summed E-state index contributed by atoms with van der Waals surface area (Å²) < 4.78 is 59.9. The molecule has 9 nitrogen and oxygen atoms in total. The minimum Gasteiger partial charge on any atom is -0.390 e. The number of aromatic nitrogens is 5. The molecule has 2 heterocycles. The summed E-state index contributed by atoms with van der Waals surface area (Å²) in [5, 5.41) is 22.7. The van der Waals surface area contributed by atoms with Crippen molar-refractivity contribution in [1.82, 2.24) is 30.1 Å². The first-order valence-electron chi connectivity index (χ1n) is 10.9. The Morgan fingerprint density at radius 2 is 1.84 bits per heavy atom. The van der Waals surface area contributed by atoms with Gasteiger partial charge in [0.2, 0.25) is 0 Å². The largest absolute Gasteiger partial charge is 0.390 e. The molecule has 0 radical (unpaired) electrons. The van der Waals surface area contributed by atoms with Crippen LogP contribution in [0.5, 0.6) is 0 Å². The van der Waals surface area contributed by atoms with Gasteiger partial charge < -0.3 is 10.4 Å². The molecule has 0 spiro atoms. The Kier molecular flexibility index (Phi) is 6.90. The van der Waals surface area contributed by atoms with Gasteiger partial charge in [0.15, 0.2) is 5.82 Å². The second kappa shape index (κ2) is 9.93. The van der Waals surface area contributed by atoms with Gasteiger partial charge in [-0.2, -0.15) is 18.6 Å². The maximum atomic E-state index is 15.4. The van der Waals surface area contributed by atoms with Crippen LogP contribution in [0.15, 0.2) is 59.5 Å². The van der Waals surface area contributed by atoms with Crippen molar-refractivity contribution < 1.29 is 27.5 Å². The smallest absolute Gasteiger partial charge is 0.298 e. The van der Waals surface area contributed by atoms with Crippen molar-refractivity contribution >= 4 is 5.91 Å². The number of benzene rings is 2. The van der Waals surface area contributed by atoms with Crippen LogP contribution in [0, 0.1) is 11.6 Å². The summed E-state index contributed by atoms with van der Waals surface area (Å²) >= 11 is 0. The van der Waals surface area contributed by atoms with Gasteiger partial charge in [0.25, 0.3) is 17.4 Å². The van der Waals surface area contributed by atoms with E-state index in [4.69, 9.17) is 5.11 Å². The summed E-state index contributed by atoms with van der Waals surface area (Å²) in [5.41, 5.74) is -2.11. The Labute approximate surface area is 207 Å². The molecular weight excluding hydrogens is 496 g/mol. The molecular formula is C24H20F4N6O3. The van der Waals surface area contributed by atoms with E-state index in [1.54, 1.807) is 7.05 Å². The molecule has 0 unspecified atom stereocenters. The molecule has 2 aromatic heterocycles. The number of aliphatic hydroxyl groups excluding tert-OH is 1. The van der Waals surface area contributed by atoms with Crippen molar-refractivity contribution in [3.05, 3.63) is 93.5 Å². The third-order valence-corrected chi connectivity index (χ3v) is 5.67. The van der Waals surface area contributed by atoms with Gasteiger partial charge in [0.05, 0.1) is 23.5 Å². The molecule has 1 amide bonds. The van der Waals surface area contributed by atoms with Gasteiger partial charge in [-0.1, -0.05) is 23.4 Å². The lowest BCUT2D eigenvalue weighted by atomic mass is 10.0. The van der Waals surface area contributed by atoms with E-state index in [2.05, 4.69) is 20.7 Å². The lowest BCUT2D eigenvalue weighted by Gasteiger charge is -2.20. The molecule has 0 bridgehead atoms. The second-order valence-electron chi connectivity index (χ2n) is 8.12. The van der Waals surface area contributed by atoms with Gasteiger partial charge in [0.1, 0.15) is 23.8 Å². The Hall–Kier alpha value is -4.39. The molecule has 37 heavy (non-hydrogen) atoms. The van der Waals surface area contributed by atoms with Gasteiger partial charge in [-0.3, -0.25) is 9.59 Å². The molecule has 2 N–H and O–H groups in total. The molecule has 13 heteroatoms. The highest BCUT2D eigenvalue weighted by molar-refractivity contribution is 5.92. The molecule has 0 aliphatic heterocycles. The molecule has 0 saturated carbocycles. The van der Waals surface area contributed by atoms with Crippen molar-refractivity contribution in [3.8, 4) is 16.9 Å². The number of nitrogens with one attached hydrogen (secondary N) is 1. The molecule has 1 atom stereocenters. The zero-order chi connectivity index (χ0) is 26.9. The lowest BCUT2D eigenvalue weighted by Crippen LogP contribution is -2.31. The van der Waals surface area contributed by atoms with E-state index in [1.165, 1.54) is 48.1 Å². The third-order valence-electron chi connectivity index (χ3n) is 5.67. The topological polar surface area (TPSA) is 115 Å². The number of hydrogen-bond acceptors (Lipinski definition) is 6. The predicted molar refractivity (Wildman–Crippen MR) is 123 cm³/mol. The zero-order valence-corrected chi connectivity index (χ0v) is 19.5. The lowest BCUT2D eigenvalue weighted by molar-refractivity contribution is -0.0584. The van der Waals surface area contributed by atoms with Crippen LogP contribution in [0.1, 0.15) is 34.6 Å². The number of nitrogens with zero attached hydrogens (tertiary/aromatic N) is 5. The summed E-state index contributed by atoms with van der Waals surface area (Å²) in [6.07, 6.45) is 1.34. The fourth-order valence-corrected chi connectivity index (χ4v) is 3.72. The van der Waals surface area contributed by atoms with Gasteiger partial charge >= 0.3 is 0 Å². The van der Waals surface area contributed by atoms with Crippen LogP contribution in [-0.2, 0) is 13.0 Å². The fraction of sp³-hybridized carbons (Fsp3) is 0.208. The molecule has 4 aromatic rings. The number of aryl methyl sites for hydroxylation is 1. The van der Waals surface area contributed by atoms with Gasteiger partial charge in [0, 0.05) is 24.2 Å². The molecule has 0 fully saturated rings. The average molecular weight is 516 g/mol. The predicted octanol–water partition coefficient (Wildman–Crippen LogP) is 2.88. The zero-order valence-electron chi connectivity index (χ0n) is 19.5. The van der Waals surface area contributed by atoms with Crippen LogP contribution in [-0.4, -0.2) is 42.4 Å². The van der Waals surface area contributed by atoms with E-state index in [0.29, 0.717) is 10.4 Å². The maximum Gasteiger partial charge on any atom is 0.298 e. The highest BCUT2D eigenvalue weighted by Gasteiger charge is 2.35. The van der Waals surface area contributed by atoms with Crippen LogP contribution in [0.25, 0.3) is 16.9 Å². The number of carbonyl (C=O) groups is 1. The van der Waals surface area contributed by atoms with E-state index in [0.717, 1.165) is 18.2 Å². The highest BCUT2D eigenvalue weighted by atomic mass is 19.3. The molecule has 192 valence electrons. The summed E-state index contributed by atoms with van der Waals surface area (Å²) in [4.78, 5) is 25.3. The van der Waals surface area contributed by atoms with E-state index >= 15 is 4.39 Å². The minimum atomic E-state index is -3.81. The first-order chi connectivity index (χ1) is 17.5. The molecule has 4 rings (SSSR count). The quantitative estimate of drug-likeness (QED) is 0.365. The first-order valence-corrected chi connectivity index (χ1v) is 10.9. The maximum absolute atomic E-state index is 15.4. The van der Waals surface area contributed by atoms with Gasteiger partial charge in [-0.05, 0) is 31.2 Å². The molecule has 0 aliphatic rings. The summed E-state index contributed by atoms with van der Waals surface area (Å²) in [5.74, 6) is -6.77. The van der Waals surface area contributed by atoms with Crippen LogP contribution < -0.4 is 10.9 Å². The van der Waals surface area contributed by atoms with Crippen LogP contribution >= 0.6 is 0 Å². The average Bonchev–Trinajstić information content (AvgIpc) is 3.30. The molecule has 0 aliphatic carbocycles. The van der Waals surface area contributed by atoms with Crippen LogP contribution in [0.2, 0.25) is 0 Å². The number of alkyl halides is 2. The number of halogens is 4. The summed E-state index contributed by atoms with van der Waals surface area (Å²) in [6, 6.07) is 8.47. The van der Waals surface area contributed by atoms with E-state index in [1.807, 2.05) is 0 Å². The van der Waals surface area contributed by atoms with Crippen molar-refractivity contribution in [1.29, 1.82) is 0 Å². The van der Waals surface area contributed by atoms with Gasteiger partial charge in [-0.15, -0.1) is 5.10 Å². The fourth-order valence-electron chi connectivity index (χ4n) is 3.72. The Bertz CT molecular complexity index is 1540. The van der Waals surface area contributed by atoms with Crippen LogP contribution in [0.4, 0.5) is 17.6 Å². The second-order valence-corrected chi connectivity index (χ2v) is 8.12. The number of amides is 1. The molecule has 2 aromatic carbocycles. The minimum absolute atomic E-state index is 0.0946. The first kappa shape index (κ1) is 25.7.